The summed E-state index contributed by atoms with van der Waals surface area (Å²) >= 11 is 0. The predicted molar refractivity (Wildman–Crippen MR) is 38.3 cm³/mol. The van der Waals surface area contributed by atoms with Crippen LogP contribution in [0.4, 0.5) is 0 Å². The van der Waals surface area contributed by atoms with Crippen molar-refractivity contribution < 1.29 is 15.0 Å². The highest BCUT2D eigenvalue weighted by Gasteiger charge is 1.90. The van der Waals surface area contributed by atoms with E-state index in [1.54, 1.807) is 0 Å². The number of carboxylic acids is 1. The topological polar surface area (TPSA) is 83.5 Å². The first-order valence-corrected chi connectivity index (χ1v) is 2.70. The summed E-state index contributed by atoms with van der Waals surface area (Å²) in [5.41, 5.74) is 4.84. The molecule has 1 atom stereocenters. The second-order valence-electron chi connectivity index (χ2n) is 1.83. The third kappa shape index (κ3) is 27.3. The molecule has 0 saturated heterocycles. The van der Waals surface area contributed by atoms with Crippen molar-refractivity contribution in [3.63, 3.8) is 0 Å². The van der Waals surface area contributed by atoms with E-state index < -0.39 is 12.2 Å². The smallest absolute Gasteiger partial charge is 0.330 e. The number of aliphatic carboxylic acids is 1. The molecule has 0 amide bonds. The Morgan fingerprint density at radius 1 is 1.70 bits per heavy atom. The number of nitrogens with two attached hydrogens (primary N) is 1. The normalized spacial score (nSPS) is 10.8. The number of aliphatic hydroxyl groups excluding tert-OH is 1. The fourth-order valence-electron chi connectivity index (χ4n) is 0. The molecule has 4 N–H and O–H groups in total. The molecule has 0 saturated carbocycles. The fraction of sp³-hybridized carbons (Fsp3) is 0.500. The van der Waals surface area contributed by atoms with Crippen LogP contribution in [0.25, 0.3) is 0 Å². The van der Waals surface area contributed by atoms with Crippen molar-refractivity contribution >= 4 is 5.97 Å². The molecule has 0 aromatic rings. The van der Waals surface area contributed by atoms with Crippen LogP contribution in [0.2, 0.25) is 0 Å². The maximum absolute atomic E-state index is 9.60. The van der Waals surface area contributed by atoms with Crippen molar-refractivity contribution in [2.24, 2.45) is 5.73 Å². The molecule has 0 radical (unpaired) electrons. The number of carboxylic acid groups (broad SMARTS) is 1. The lowest BCUT2D eigenvalue weighted by atomic mass is 10.4. The highest BCUT2D eigenvalue weighted by Crippen LogP contribution is 1.81. The van der Waals surface area contributed by atoms with Crippen molar-refractivity contribution in [1.82, 2.24) is 0 Å². The standard InChI is InChI=1S/C4H6O2.C2H7NO/c1-3(2)4(5)6;1-2(3)4/h1H2,2H3,(H,5,6);2,4H,3H2,1H3. The Morgan fingerprint density at radius 3 is 1.80 bits per heavy atom. The highest BCUT2D eigenvalue weighted by molar-refractivity contribution is 5.84. The Bertz CT molecular complexity index is 105. The summed E-state index contributed by atoms with van der Waals surface area (Å²) in [5.74, 6) is -0.935. The predicted octanol–water partition coefficient (Wildman–Crippen LogP) is -0.0695. The fourth-order valence-corrected chi connectivity index (χ4v) is 0. The lowest BCUT2D eigenvalue weighted by molar-refractivity contribution is -0.132. The van der Waals surface area contributed by atoms with E-state index in [9.17, 15) is 4.79 Å². The number of hydrogen-bond acceptors (Lipinski definition) is 3. The molecule has 0 aliphatic carbocycles. The summed E-state index contributed by atoms with van der Waals surface area (Å²) in [6, 6.07) is 0. The molecule has 0 aliphatic heterocycles. The van der Waals surface area contributed by atoms with Crippen LogP contribution in [-0.2, 0) is 4.79 Å². The van der Waals surface area contributed by atoms with Gasteiger partial charge in [-0.25, -0.2) is 4.79 Å². The zero-order chi connectivity index (χ0) is 8.73. The summed E-state index contributed by atoms with van der Waals surface area (Å²) < 4.78 is 0. The van der Waals surface area contributed by atoms with Gasteiger partial charge in [0.05, 0.1) is 6.23 Å². The summed E-state index contributed by atoms with van der Waals surface area (Å²) in [4.78, 5) is 9.60. The largest absolute Gasteiger partial charge is 0.478 e. The average molecular weight is 147 g/mol. The first-order valence-electron chi connectivity index (χ1n) is 2.70. The zero-order valence-corrected chi connectivity index (χ0v) is 6.16. The minimum Gasteiger partial charge on any atom is -0.478 e. The first kappa shape index (κ1) is 11.9. The molecule has 0 aliphatic rings. The molecule has 0 aromatic heterocycles. The second kappa shape index (κ2) is 6.25. The molecule has 0 heterocycles. The molecule has 0 spiro atoms. The maximum Gasteiger partial charge on any atom is 0.330 e. The van der Waals surface area contributed by atoms with Gasteiger partial charge in [0.25, 0.3) is 0 Å². The summed E-state index contributed by atoms with van der Waals surface area (Å²) in [6.45, 7) is 6.10. The van der Waals surface area contributed by atoms with Gasteiger partial charge >= 0.3 is 5.97 Å². The molecular weight excluding hydrogens is 134 g/mol. The number of carbonyl (C=O) groups is 1. The van der Waals surface area contributed by atoms with Gasteiger partial charge in [-0.1, -0.05) is 6.58 Å². The average Bonchev–Trinajstić information content (AvgIpc) is 1.63. The molecule has 0 bridgehead atoms. The summed E-state index contributed by atoms with van der Waals surface area (Å²) in [6.07, 6.45) is -0.667. The van der Waals surface area contributed by atoms with E-state index in [-0.39, 0.29) is 5.57 Å². The molecule has 1 unspecified atom stereocenters. The third-order valence-corrected chi connectivity index (χ3v) is 0.365. The monoisotopic (exact) mass is 147 g/mol. The molecule has 0 aromatic carbocycles. The van der Waals surface area contributed by atoms with E-state index in [2.05, 4.69) is 12.3 Å². The van der Waals surface area contributed by atoms with E-state index >= 15 is 0 Å². The molecule has 4 nitrogen and oxygen atoms in total. The zero-order valence-electron chi connectivity index (χ0n) is 6.16. The summed E-state index contributed by atoms with van der Waals surface area (Å²) in [5, 5.41) is 15.7. The Morgan fingerprint density at radius 2 is 1.80 bits per heavy atom. The van der Waals surface area contributed by atoms with Crippen LogP contribution in [0.1, 0.15) is 13.8 Å². The van der Waals surface area contributed by atoms with Gasteiger partial charge in [-0.15, -0.1) is 0 Å². The van der Waals surface area contributed by atoms with Gasteiger partial charge in [-0.3, -0.25) is 0 Å². The van der Waals surface area contributed by atoms with Gasteiger partial charge in [-0.2, -0.15) is 0 Å². The lowest BCUT2D eigenvalue weighted by Crippen LogP contribution is -2.11. The van der Waals surface area contributed by atoms with Crippen molar-refractivity contribution in [2.45, 2.75) is 20.1 Å². The van der Waals surface area contributed by atoms with Crippen molar-refractivity contribution in [1.29, 1.82) is 0 Å². The van der Waals surface area contributed by atoms with Crippen LogP contribution < -0.4 is 5.73 Å². The summed E-state index contributed by atoms with van der Waals surface area (Å²) in [7, 11) is 0. The van der Waals surface area contributed by atoms with Gasteiger partial charge < -0.3 is 15.9 Å². The second-order valence-corrected chi connectivity index (χ2v) is 1.83. The molecule has 4 heteroatoms. The van der Waals surface area contributed by atoms with Crippen LogP contribution >= 0.6 is 0 Å². The van der Waals surface area contributed by atoms with Crippen LogP contribution in [0.3, 0.4) is 0 Å². The van der Waals surface area contributed by atoms with Crippen LogP contribution in [0.15, 0.2) is 12.2 Å². The number of rotatable bonds is 1. The van der Waals surface area contributed by atoms with E-state index in [1.165, 1.54) is 13.8 Å². The minimum atomic E-state index is -0.935. The molecule has 0 rings (SSSR count). The van der Waals surface area contributed by atoms with E-state index in [1.807, 2.05) is 0 Å². The van der Waals surface area contributed by atoms with Crippen LogP contribution in [0.5, 0.6) is 0 Å². The Balaban J connectivity index is 0. The first-order chi connectivity index (χ1) is 4.37. The molecule has 10 heavy (non-hydrogen) atoms. The minimum absolute atomic E-state index is 0.176. The van der Waals surface area contributed by atoms with Gasteiger partial charge in [0.15, 0.2) is 0 Å². The van der Waals surface area contributed by atoms with E-state index in [4.69, 9.17) is 10.2 Å². The number of aliphatic hydroxyl groups is 1. The molecular formula is C6H13NO3. The van der Waals surface area contributed by atoms with Gasteiger partial charge in [0.2, 0.25) is 0 Å². The van der Waals surface area contributed by atoms with Crippen molar-refractivity contribution in [3.05, 3.63) is 12.2 Å². The number of hydrogen-bond donors (Lipinski definition) is 3. The SMILES string of the molecule is C=C(C)C(=O)O.CC(N)O. The molecule has 60 valence electrons. The lowest BCUT2D eigenvalue weighted by Gasteiger charge is -1.82. The highest BCUT2D eigenvalue weighted by atomic mass is 16.4. The van der Waals surface area contributed by atoms with Gasteiger partial charge in [0.1, 0.15) is 0 Å². The van der Waals surface area contributed by atoms with E-state index in [0.29, 0.717) is 0 Å². The van der Waals surface area contributed by atoms with Crippen LogP contribution in [-0.4, -0.2) is 22.4 Å². The maximum atomic E-state index is 9.60. The Labute approximate surface area is 60.0 Å². The van der Waals surface area contributed by atoms with Crippen molar-refractivity contribution in [2.75, 3.05) is 0 Å². The third-order valence-electron chi connectivity index (χ3n) is 0.365. The Hall–Kier alpha value is -0.870. The van der Waals surface area contributed by atoms with E-state index in [0.717, 1.165) is 0 Å². The van der Waals surface area contributed by atoms with Gasteiger partial charge in [0, 0.05) is 5.57 Å². The quantitative estimate of drug-likeness (QED) is 0.358. The molecule has 0 fully saturated rings. The Kier molecular flexibility index (Phi) is 7.42. The van der Waals surface area contributed by atoms with Crippen LogP contribution in [0, 0.1) is 0 Å². The van der Waals surface area contributed by atoms with Crippen molar-refractivity contribution in [3.8, 4) is 0 Å². The van der Waals surface area contributed by atoms with Gasteiger partial charge in [-0.05, 0) is 13.8 Å².